The number of carbonyl (C=O) groups excluding carboxylic acids is 1. The van der Waals surface area contributed by atoms with E-state index < -0.39 is 0 Å². The van der Waals surface area contributed by atoms with E-state index >= 15 is 0 Å². The van der Waals surface area contributed by atoms with Crippen LogP contribution in [0.3, 0.4) is 0 Å². The van der Waals surface area contributed by atoms with Crippen LogP contribution in [0, 0.1) is 0 Å². The number of fused-ring (bicyclic) bond motifs is 1. The molecule has 0 atom stereocenters. The summed E-state index contributed by atoms with van der Waals surface area (Å²) in [6.45, 7) is 1.08. The monoisotopic (exact) mass is 411 g/mol. The summed E-state index contributed by atoms with van der Waals surface area (Å²) >= 11 is 2.95. The maximum atomic E-state index is 12.1. The van der Waals surface area contributed by atoms with Crippen molar-refractivity contribution < 1.29 is 14.3 Å². The van der Waals surface area contributed by atoms with Crippen molar-refractivity contribution in [2.45, 2.75) is 10.1 Å². The van der Waals surface area contributed by atoms with Crippen LogP contribution in [0.2, 0.25) is 0 Å². The number of aromatic nitrogens is 2. The minimum atomic E-state index is -0.259. The molecule has 28 heavy (non-hydrogen) atoms. The van der Waals surface area contributed by atoms with E-state index in [-0.39, 0.29) is 5.91 Å². The largest absolute Gasteiger partial charge is 0.486 e. The zero-order chi connectivity index (χ0) is 19.2. The molecule has 4 rings (SSSR count). The van der Waals surface area contributed by atoms with Crippen molar-refractivity contribution in [2.24, 2.45) is 0 Å². The summed E-state index contributed by atoms with van der Waals surface area (Å²) in [5.74, 6) is 1.97. The van der Waals surface area contributed by atoms with Gasteiger partial charge in [0, 0.05) is 11.8 Å². The van der Waals surface area contributed by atoms with E-state index in [2.05, 4.69) is 27.6 Å². The van der Waals surface area contributed by atoms with Gasteiger partial charge in [-0.1, -0.05) is 59.5 Å². The fraction of sp³-hybridized carbons (Fsp3) is 0.150. The molecular formula is C20H17N3O3S2. The Morgan fingerprint density at radius 2 is 1.93 bits per heavy atom. The van der Waals surface area contributed by atoms with Crippen LogP contribution in [0.15, 0.2) is 58.9 Å². The molecule has 1 N–H and O–H groups in total. The van der Waals surface area contributed by atoms with E-state index in [9.17, 15) is 4.79 Å². The molecule has 1 aliphatic rings. The minimum absolute atomic E-state index is 0.259. The molecule has 142 valence electrons. The van der Waals surface area contributed by atoms with Crippen molar-refractivity contribution >= 4 is 40.2 Å². The first-order valence-corrected chi connectivity index (χ1v) is 10.5. The van der Waals surface area contributed by atoms with Crippen molar-refractivity contribution in [1.82, 2.24) is 10.2 Å². The number of ether oxygens (including phenoxy) is 2. The number of amides is 1. The molecular weight excluding hydrogens is 394 g/mol. The predicted octanol–water partition coefficient (Wildman–Crippen LogP) is 4.25. The Morgan fingerprint density at radius 1 is 1.11 bits per heavy atom. The third-order valence-corrected chi connectivity index (χ3v) is 5.88. The summed E-state index contributed by atoms with van der Waals surface area (Å²) in [6, 6.07) is 15.7. The van der Waals surface area contributed by atoms with Crippen LogP contribution in [-0.4, -0.2) is 29.3 Å². The quantitative estimate of drug-likeness (QED) is 0.371. The van der Waals surface area contributed by atoms with Crippen molar-refractivity contribution in [3.63, 3.8) is 0 Å². The van der Waals surface area contributed by atoms with Gasteiger partial charge in [-0.05, 0) is 29.3 Å². The van der Waals surface area contributed by atoms with E-state index in [1.54, 1.807) is 17.8 Å². The summed E-state index contributed by atoms with van der Waals surface area (Å²) in [6.07, 6.45) is 3.18. The smallest absolute Gasteiger partial charge is 0.250 e. The molecule has 1 aromatic heterocycles. The van der Waals surface area contributed by atoms with Crippen LogP contribution >= 0.6 is 23.1 Å². The highest BCUT2D eigenvalue weighted by Crippen LogP contribution is 2.31. The van der Waals surface area contributed by atoms with Gasteiger partial charge >= 0.3 is 0 Å². The second-order valence-electron chi connectivity index (χ2n) is 5.87. The summed E-state index contributed by atoms with van der Waals surface area (Å²) in [7, 11) is 0. The molecule has 0 unspecified atom stereocenters. The SMILES string of the molecule is O=C(/C=C/c1ccc2c(c1)OCCO2)Nc1nnc(SCc2ccccc2)s1. The molecule has 0 fully saturated rings. The molecule has 0 saturated carbocycles. The number of nitrogens with one attached hydrogen (secondary N) is 1. The van der Waals surface area contributed by atoms with Crippen LogP contribution < -0.4 is 14.8 Å². The number of hydrogen-bond acceptors (Lipinski definition) is 7. The van der Waals surface area contributed by atoms with Crippen LogP contribution in [-0.2, 0) is 10.5 Å². The number of rotatable bonds is 6. The van der Waals surface area contributed by atoms with E-state index in [0.29, 0.717) is 24.1 Å². The standard InChI is InChI=1S/C20H17N3O3S2/c24-18(9-7-14-6-8-16-17(12-14)26-11-10-25-16)21-19-22-23-20(28-19)27-13-15-4-2-1-3-5-15/h1-9,12H,10-11,13H2,(H,21,22,24)/b9-7+. The zero-order valence-electron chi connectivity index (χ0n) is 14.8. The molecule has 1 aliphatic heterocycles. The Kier molecular flexibility index (Phi) is 5.89. The maximum Gasteiger partial charge on any atom is 0.250 e. The summed E-state index contributed by atoms with van der Waals surface area (Å²) in [4.78, 5) is 12.1. The van der Waals surface area contributed by atoms with Gasteiger partial charge in [-0.15, -0.1) is 10.2 Å². The molecule has 2 heterocycles. The number of anilines is 1. The molecule has 1 amide bonds. The third kappa shape index (κ3) is 4.90. The lowest BCUT2D eigenvalue weighted by atomic mass is 10.2. The second kappa shape index (κ2) is 8.90. The average Bonchev–Trinajstić information content (AvgIpc) is 3.18. The lowest BCUT2D eigenvalue weighted by Crippen LogP contribution is -2.15. The van der Waals surface area contributed by atoms with Crippen molar-refractivity contribution in [1.29, 1.82) is 0 Å². The van der Waals surface area contributed by atoms with Gasteiger partial charge in [0.15, 0.2) is 15.8 Å². The molecule has 2 aromatic carbocycles. The summed E-state index contributed by atoms with van der Waals surface area (Å²) in [5.41, 5.74) is 2.08. The van der Waals surface area contributed by atoms with Crippen LogP contribution in [0.25, 0.3) is 6.08 Å². The Balaban J connectivity index is 1.31. The van der Waals surface area contributed by atoms with Gasteiger partial charge in [-0.25, -0.2) is 0 Å². The lowest BCUT2D eigenvalue weighted by Gasteiger charge is -2.18. The van der Waals surface area contributed by atoms with Crippen molar-refractivity contribution in [3.8, 4) is 11.5 Å². The topological polar surface area (TPSA) is 73.3 Å². The van der Waals surface area contributed by atoms with E-state index in [1.807, 2.05) is 36.4 Å². The first kappa shape index (κ1) is 18.5. The van der Waals surface area contributed by atoms with Crippen molar-refractivity contribution in [2.75, 3.05) is 18.5 Å². The molecule has 0 aliphatic carbocycles. The van der Waals surface area contributed by atoms with E-state index in [0.717, 1.165) is 21.4 Å². The van der Waals surface area contributed by atoms with Gasteiger partial charge in [-0.3, -0.25) is 10.1 Å². The number of hydrogen-bond donors (Lipinski definition) is 1. The van der Waals surface area contributed by atoms with Crippen LogP contribution in [0.4, 0.5) is 5.13 Å². The summed E-state index contributed by atoms with van der Waals surface area (Å²) in [5, 5.41) is 11.4. The Morgan fingerprint density at radius 3 is 2.79 bits per heavy atom. The number of carbonyl (C=O) groups is 1. The number of nitrogens with zero attached hydrogens (tertiary/aromatic N) is 2. The first-order chi connectivity index (χ1) is 13.8. The third-order valence-electron chi connectivity index (χ3n) is 3.84. The van der Waals surface area contributed by atoms with Gasteiger partial charge in [0.1, 0.15) is 13.2 Å². The molecule has 0 spiro atoms. The molecule has 0 saturated heterocycles. The summed E-state index contributed by atoms with van der Waals surface area (Å²) < 4.78 is 11.8. The van der Waals surface area contributed by atoms with Crippen LogP contribution in [0.1, 0.15) is 11.1 Å². The highest BCUT2D eigenvalue weighted by atomic mass is 32.2. The average molecular weight is 412 g/mol. The Labute approximate surface area is 170 Å². The van der Waals surface area contributed by atoms with Gasteiger partial charge < -0.3 is 9.47 Å². The minimum Gasteiger partial charge on any atom is -0.486 e. The predicted molar refractivity (Wildman–Crippen MR) is 111 cm³/mol. The molecule has 6 nitrogen and oxygen atoms in total. The maximum absolute atomic E-state index is 12.1. The van der Waals surface area contributed by atoms with E-state index in [4.69, 9.17) is 9.47 Å². The number of thioether (sulfide) groups is 1. The Hall–Kier alpha value is -2.84. The Bertz CT molecular complexity index is 989. The molecule has 8 heteroatoms. The fourth-order valence-corrected chi connectivity index (χ4v) is 4.23. The normalized spacial score (nSPS) is 12.9. The van der Waals surface area contributed by atoms with Crippen molar-refractivity contribution in [3.05, 3.63) is 65.7 Å². The molecule has 3 aromatic rings. The van der Waals surface area contributed by atoms with Crippen LogP contribution in [0.5, 0.6) is 11.5 Å². The lowest BCUT2D eigenvalue weighted by molar-refractivity contribution is -0.111. The second-order valence-corrected chi connectivity index (χ2v) is 8.07. The fourth-order valence-electron chi connectivity index (χ4n) is 2.52. The zero-order valence-corrected chi connectivity index (χ0v) is 16.5. The molecule has 0 bridgehead atoms. The highest BCUT2D eigenvalue weighted by molar-refractivity contribution is 8.00. The van der Waals surface area contributed by atoms with Gasteiger partial charge in [0.05, 0.1) is 0 Å². The van der Waals surface area contributed by atoms with Gasteiger partial charge in [0.2, 0.25) is 11.0 Å². The highest BCUT2D eigenvalue weighted by Gasteiger charge is 2.11. The van der Waals surface area contributed by atoms with Gasteiger partial charge in [0.25, 0.3) is 0 Å². The van der Waals surface area contributed by atoms with E-state index in [1.165, 1.54) is 23.0 Å². The van der Waals surface area contributed by atoms with Gasteiger partial charge in [-0.2, -0.15) is 0 Å². The number of benzene rings is 2. The molecule has 0 radical (unpaired) electrons. The first-order valence-electron chi connectivity index (χ1n) is 8.65.